The first-order valence-electron chi connectivity index (χ1n) is 8.93. The molecule has 29 heavy (non-hydrogen) atoms. The van der Waals surface area contributed by atoms with Crippen LogP contribution in [0.1, 0.15) is 0 Å². The van der Waals surface area contributed by atoms with Gasteiger partial charge in [0.25, 0.3) is 0 Å². The van der Waals surface area contributed by atoms with Crippen molar-refractivity contribution in [3.05, 3.63) is 59.1 Å². The number of ether oxygens (including phenoxy) is 2. The van der Waals surface area contributed by atoms with Crippen LogP contribution >= 0.6 is 0 Å². The number of pyridine rings is 1. The van der Waals surface area contributed by atoms with E-state index in [0.29, 0.717) is 16.6 Å². The largest absolute Gasteiger partial charge is 0.463 e. The molecule has 0 aliphatic carbocycles. The predicted molar refractivity (Wildman–Crippen MR) is 100 cm³/mol. The van der Waals surface area contributed by atoms with E-state index in [1.54, 1.807) is 24.4 Å². The molecule has 1 aliphatic rings. The van der Waals surface area contributed by atoms with Gasteiger partial charge >= 0.3 is 0 Å². The van der Waals surface area contributed by atoms with Crippen LogP contribution in [-0.4, -0.2) is 62.7 Å². The van der Waals surface area contributed by atoms with Gasteiger partial charge in [-0.25, -0.2) is 0 Å². The molecule has 1 aromatic carbocycles. The Bertz CT molecular complexity index is 1050. The maximum absolute atomic E-state index is 12.7. The molecule has 4 rings (SSSR count). The summed E-state index contributed by atoms with van der Waals surface area (Å²) in [5, 5.41) is 39.3. The zero-order valence-electron chi connectivity index (χ0n) is 15.1. The second-order valence-corrected chi connectivity index (χ2v) is 6.67. The Balaban J connectivity index is 1.62. The van der Waals surface area contributed by atoms with Crippen LogP contribution in [0.4, 0.5) is 0 Å². The molecule has 1 fully saturated rings. The van der Waals surface area contributed by atoms with E-state index in [2.05, 4.69) is 4.98 Å². The van der Waals surface area contributed by atoms with E-state index in [0.717, 1.165) is 0 Å². The molecule has 0 amide bonds. The molecule has 152 valence electrons. The van der Waals surface area contributed by atoms with E-state index >= 15 is 0 Å². The molecule has 0 spiro atoms. The molecule has 0 unspecified atom stereocenters. The standard InChI is InChI=1S/C20H19NO8/c22-8-15-17(24)18(25)19(26)20(29-15)28-10-4-5-11-14(7-10)27-9-12(16(11)23)13-3-1-2-6-21-13/h1-7,9,15,17-20,22,24-26H,8H2/t15-,17+,18+,19+,20+/m0/s1. The van der Waals surface area contributed by atoms with Gasteiger partial charge in [-0.1, -0.05) is 6.07 Å². The summed E-state index contributed by atoms with van der Waals surface area (Å²) in [6, 6.07) is 9.66. The van der Waals surface area contributed by atoms with Gasteiger partial charge in [0.05, 0.1) is 23.3 Å². The number of hydrogen-bond donors (Lipinski definition) is 4. The highest BCUT2D eigenvalue weighted by Crippen LogP contribution is 2.27. The first-order valence-corrected chi connectivity index (χ1v) is 8.93. The summed E-state index contributed by atoms with van der Waals surface area (Å²) in [6.07, 6.45) is -4.09. The fourth-order valence-electron chi connectivity index (χ4n) is 3.18. The number of aliphatic hydroxyl groups excluding tert-OH is 4. The van der Waals surface area contributed by atoms with Crippen molar-refractivity contribution >= 4 is 11.0 Å². The van der Waals surface area contributed by atoms with Crippen molar-refractivity contribution in [3.63, 3.8) is 0 Å². The molecule has 3 heterocycles. The average Bonchev–Trinajstić information content (AvgIpc) is 2.75. The Morgan fingerprint density at radius 3 is 2.62 bits per heavy atom. The van der Waals surface area contributed by atoms with Crippen LogP contribution in [0.2, 0.25) is 0 Å². The summed E-state index contributed by atoms with van der Waals surface area (Å²) in [7, 11) is 0. The Morgan fingerprint density at radius 1 is 1.07 bits per heavy atom. The number of aliphatic hydroxyl groups is 4. The predicted octanol–water partition coefficient (Wildman–Crippen LogP) is 0.0337. The molecule has 1 saturated heterocycles. The monoisotopic (exact) mass is 401 g/mol. The zero-order chi connectivity index (χ0) is 20.5. The fourth-order valence-corrected chi connectivity index (χ4v) is 3.18. The lowest BCUT2D eigenvalue weighted by Crippen LogP contribution is -2.60. The van der Waals surface area contributed by atoms with Crippen molar-refractivity contribution in [1.82, 2.24) is 4.98 Å². The SMILES string of the molecule is O=c1c(-c2ccccn2)coc2cc(O[C@@H]3O[C@@H](CO)[C@@H](O)[C@@H](O)[C@H]3O)ccc12. The molecule has 1 aliphatic heterocycles. The molecule has 5 atom stereocenters. The third-order valence-corrected chi connectivity index (χ3v) is 4.79. The Kier molecular flexibility index (Phi) is 5.31. The molecule has 9 nitrogen and oxygen atoms in total. The van der Waals surface area contributed by atoms with E-state index in [4.69, 9.17) is 13.9 Å². The third kappa shape index (κ3) is 3.61. The third-order valence-electron chi connectivity index (χ3n) is 4.79. The molecule has 0 saturated carbocycles. The van der Waals surface area contributed by atoms with Crippen LogP contribution in [0, 0.1) is 0 Å². The average molecular weight is 401 g/mol. The van der Waals surface area contributed by atoms with Gasteiger partial charge in [0.15, 0.2) is 0 Å². The highest BCUT2D eigenvalue weighted by molar-refractivity contribution is 5.81. The molecule has 0 radical (unpaired) electrons. The summed E-state index contributed by atoms with van der Waals surface area (Å²) in [4.78, 5) is 16.9. The zero-order valence-corrected chi connectivity index (χ0v) is 15.1. The summed E-state index contributed by atoms with van der Waals surface area (Å²) in [5.74, 6) is 0.204. The number of rotatable bonds is 4. The van der Waals surface area contributed by atoms with Crippen molar-refractivity contribution < 1.29 is 34.3 Å². The number of fused-ring (bicyclic) bond motifs is 1. The molecule has 9 heteroatoms. The summed E-state index contributed by atoms with van der Waals surface area (Å²) >= 11 is 0. The van der Waals surface area contributed by atoms with Crippen LogP contribution in [-0.2, 0) is 4.74 Å². The van der Waals surface area contributed by atoms with E-state index < -0.39 is 37.3 Å². The summed E-state index contributed by atoms with van der Waals surface area (Å²) < 4.78 is 16.4. The molecule has 0 bridgehead atoms. The lowest BCUT2D eigenvalue weighted by molar-refractivity contribution is -0.277. The first kappa shape index (κ1) is 19.5. The van der Waals surface area contributed by atoms with Crippen molar-refractivity contribution in [3.8, 4) is 17.0 Å². The number of benzene rings is 1. The number of hydrogen-bond acceptors (Lipinski definition) is 9. The summed E-state index contributed by atoms with van der Waals surface area (Å²) in [5.41, 5.74) is 0.798. The second-order valence-electron chi connectivity index (χ2n) is 6.67. The van der Waals surface area contributed by atoms with E-state index in [9.17, 15) is 25.2 Å². The lowest BCUT2D eigenvalue weighted by atomic mass is 9.99. The minimum atomic E-state index is -1.55. The van der Waals surface area contributed by atoms with Crippen LogP contribution in [0.15, 0.2) is 58.1 Å². The smallest absolute Gasteiger partial charge is 0.229 e. The highest BCUT2D eigenvalue weighted by Gasteiger charge is 2.44. The topological polar surface area (TPSA) is 142 Å². The van der Waals surface area contributed by atoms with Gasteiger partial charge in [-0.05, 0) is 24.3 Å². The van der Waals surface area contributed by atoms with Gasteiger partial charge in [0, 0.05) is 12.3 Å². The van der Waals surface area contributed by atoms with Gasteiger partial charge < -0.3 is 34.3 Å². The summed E-state index contributed by atoms with van der Waals surface area (Å²) in [6.45, 7) is -0.562. The minimum absolute atomic E-state index is 0.204. The first-order chi connectivity index (χ1) is 14.0. The van der Waals surface area contributed by atoms with Crippen LogP contribution in [0.5, 0.6) is 5.75 Å². The van der Waals surface area contributed by atoms with Crippen LogP contribution in [0.25, 0.3) is 22.2 Å². The van der Waals surface area contributed by atoms with Crippen LogP contribution in [0.3, 0.4) is 0 Å². The maximum Gasteiger partial charge on any atom is 0.229 e. The van der Waals surface area contributed by atoms with Crippen molar-refractivity contribution in [2.45, 2.75) is 30.7 Å². The fraction of sp³-hybridized carbons (Fsp3) is 0.300. The normalized spacial score (nSPS) is 27.1. The van der Waals surface area contributed by atoms with Crippen molar-refractivity contribution in [2.75, 3.05) is 6.61 Å². The lowest BCUT2D eigenvalue weighted by Gasteiger charge is -2.39. The van der Waals surface area contributed by atoms with Crippen molar-refractivity contribution in [1.29, 1.82) is 0 Å². The van der Waals surface area contributed by atoms with Gasteiger partial charge in [0.2, 0.25) is 11.7 Å². The van der Waals surface area contributed by atoms with E-state index in [-0.39, 0.29) is 16.8 Å². The Hall–Kier alpha value is -2.82. The number of nitrogens with zero attached hydrogens (tertiary/aromatic N) is 1. The van der Waals surface area contributed by atoms with Gasteiger partial charge in [-0.2, -0.15) is 0 Å². The van der Waals surface area contributed by atoms with E-state index in [1.165, 1.54) is 24.5 Å². The molecular weight excluding hydrogens is 382 g/mol. The van der Waals surface area contributed by atoms with Gasteiger partial charge in [-0.3, -0.25) is 9.78 Å². The van der Waals surface area contributed by atoms with Crippen LogP contribution < -0.4 is 10.2 Å². The minimum Gasteiger partial charge on any atom is -0.463 e. The molecule has 3 aromatic rings. The van der Waals surface area contributed by atoms with E-state index in [1.807, 2.05) is 0 Å². The Labute approximate surface area is 164 Å². The number of aromatic nitrogens is 1. The Morgan fingerprint density at radius 2 is 1.90 bits per heavy atom. The molecule has 2 aromatic heterocycles. The second kappa shape index (κ2) is 7.90. The maximum atomic E-state index is 12.7. The molecular formula is C20H19NO8. The van der Waals surface area contributed by atoms with Gasteiger partial charge in [0.1, 0.15) is 42.0 Å². The molecule has 4 N–H and O–H groups in total. The van der Waals surface area contributed by atoms with Gasteiger partial charge in [-0.15, -0.1) is 0 Å². The highest BCUT2D eigenvalue weighted by atomic mass is 16.7. The quantitative estimate of drug-likeness (QED) is 0.476. The van der Waals surface area contributed by atoms with Crippen molar-refractivity contribution in [2.24, 2.45) is 0 Å².